The van der Waals surface area contributed by atoms with Crippen molar-refractivity contribution in [1.29, 1.82) is 0 Å². The molecule has 3 N–H and O–H groups in total. The molecule has 3 nitrogen and oxygen atoms in total. The van der Waals surface area contributed by atoms with Crippen LogP contribution in [0.2, 0.25) is 0 Å². The predicted molar refractivity (Wildman–Crippen MR) is 93.4 cm³/mol. The largest absolute Gasteiger partial charge is 0.389 e. The maximum atomic E-state index is 5.77. The van der Waals surface area contributed by atoms with Crippen LogP contribution in [0.1, 0.15) is 31.2 Å². The van der Waals surface area contributed by atoms with Crippen molar-refractivity contribution in [1.82, 2.24) is 4.90 Å². The second kappa shape index (κ2) is 7.38. The smallest absolute Gasteiger partial charge is 0.106 e. The molecule has 1 saturated carbocycles. The Balaban J connectivity index is 1.89. The molecule has 1 aromatic carbocycles. The van der Waals surface area contributed by atoms with E-state index in [2.05, 4.69) is 33.2 Å². The Morgan fingerprint density at radius 1 is 1.45 bits per heavy atom. The highest BCUT2D eigenvalue weighted by atomic mass is 79.9. The van der Waals surface area contributed by atoms with Crippen LogP contribution in [-0.4, -0.2) is 36.1 Å². The van der Waals surface area contributed by atoms with Crippen molar-refractivity contribution < 1.29 is 0 Å². The number of likely N-dealkylation sites (N-methyl/N-ethyl adjacent to an activating group) is 1. The molecule has 2 rings (SSSR count). The quantitative estimate of drug-likeness (QED) is 0.767. The van der Waals surface area contributed by atoms with Crippen molar-refractivity contribution in [2.45, 2.75) is 31.7 Å². The molecule has 0 atom stereocenters. The summed E-state index contributed by atoms with van der Waals surface area (Å²) in [5.41, 5.74) is 7.69. The van der Waals surface area contributed by atoms with E-state index in [0.29, 0.717) is 4.99 Å². The van der Waals surface area contributed by atoms with Gasteiger partial charge in [-0.15, -0.1) is 0 Å². The molecule has 0 bridgehead atoms. The normalized spacial score (nSPS) is 15.8. The van der Waals surface area contributed by atoms with Gasteiger partial charge in [-0.3, -0.25) is 0 Å². The van der Waals surface area contributed by atoms with Gasteiger partial charge >= 0.3 is 0 Å². The van der Waals surface area contributed by atoms with Gasteiger partial charge in [-0.1, -0.05) is 41.0 Å². The van der Waals surface area contributed by atoms with E-state index < -0.39 is 0 Å². The molecule has 0 amide bonds. The number of rotatable bonds is 6. The monoisotopic (exact) mass is 355 g/mol. The molecule has 1 aliphatic rings. The van der Waals surface area contributed by atoms with E-state index in [1.165, 1.54) is 25.7 Å². The minimum absolute atomic E-state index is 0.429. The first kappa shape index (κ1) is 15.7. The van der Waals surface area contributed by atoms with Gasteiger partial charge in [0.05, 0.1) is 0 Å². The number of benzene rings is 1. The minimum atomic E-state index is 0.429. The maximum Gasteiger partial charge on any atom is 0.106 e. The summed E-state index contributed by atoms with van der Waals surface area (Å²) in [4.78, 5) is 2.89. The summed E-state index contributed by atoms with van der Waals surface area (Å²) in [6.45, 7) is 1.95. The minimum Gasteiger partial charge on any atom is -0.389 e. The van der Waals surface area contributed by atoms with Gasteiger partial charge in [0.15, 0.2) is 0 Å². The predicted octanol–water partition coefficient (Wildman–Crippen LogP) is 3.37. The van der Waals surface area contributed by atoms with Crippen LogP contribution in [0.4, 0.5) is 5.69 Å². The van der Waals surface area contributed by atoms with Crippen molar-refractivity contribution >= 4 is 38.8 Å². The van der Waals surface area contributed by atoms with Crippen molar-refractivity contribution in [2.24, 2.45) is 5.73 Å². The number of anilines is 1. The van der Waals surface area contributed by atoms with Gasteiger partial charge in [-0.2, -0.15) is 0 Å². The highest BCUT2D eigenvalue weighted by Crippen LogP contribution is 2.23. The SMILES string of the molecule is CN(CCNc1ccc(Br)cc1C(N)=S)C1CCCC1. The van der Waals surface area contributed by atoms with Crippen molar-refractivity contribution in [3.63, 3.8) is 0 Å². The lowest BCUT2D eigenvalue weighted by Crippen LogP contribution is -2.33. The highest BCUT2D eigenvalue weighted by Gasteiger charge is 2.18. The first-order valence-electron chi connectivity index (χ1n) is 7.11. The van der Waals surface area contributed by atoms with Crippen LogP contribution in [0.5, 0.6) is 0 Å². The molecule has 1 aliphatic carbocycles. The molecule has 0 aromatic heterocycles. The van der Waals surface area contributed by atoms with E-state index in [-0.39, 0.29) is 0 Å². The zero-order valence-corrected chi connectivity index (χ0v) is 14.3. The Kier molecular flexibility index (Phi) is 5.81. The maximum absolute atomic E-state index is 5.77. The number of nitrogens with one attached hydrogen (secondary N) is 1. The number of halogens is 1. The summed E-state index contributed by atoms with van der Waals surface area (Å²) in [5.74, 6) is 0. The molecule has 0 saturated heterocycles. The lowest BCUT2D eigenvalue weighted by Gasteiger charge is -2.24. The van der Waals surface area contributed by atoms with Crippen molar-refractivity contribution in [2.75, 3.05) is 25.5 Å². The van der Waals surface area contributed by atoms with Gasteiger partial charge in [0.2, 0.25) is 0 Å². The lowest BCUT2D eigenvalue weighted by molar-refractivity contribution is 0.254. The fourth-order valence-electron chi connectivity index (χ4n) is 2.77. The molecule has 1 aromatic rings. The Morgan fingerprint density at radius 2 is 2.15 bits per heavy atom. The van der Waals surface area contributed by atoms with E-state index in [1.807, 2.05) is 18.2 Å². The molecule has 20 heavy (non-hydrogen) atoms. The van der Waals surface area contributed by atoms with Crippen LogP contribution in [0.15, 0.2) is 22.7 Å². The zero-order chi connectivity index (χ0) is 14.5. The summed E-state index contributed by atoms with van der Waals surface area (Å²) in [7, 11) is 2.22. The van der Waals surface area contributed by atoms with E-state index in [0.717, 1.165) is 34.9 Å². The van der Waals surface area contributed by atoms with E-state index in [9.17, 15) is 0 Å². The Morgan fingerprint density at radius 3 is 2.80 bits per heavy atom. The first-order valence-corrected chi connectivity index (χ1v) is 8.31. The molecule has 0 heterocycles. The van der Waals surface area contributed by atoms with Crippen LogP contribution >= 0.6 is 28.1 Å². The zero-order valence-electron chi connectivity index (χ0n) is 11.9. The summed E-state index contributed by atoms with van der Waals surface area (Å²) >= 11 is 8.55. The summed E-state index contributed by atoms with van der Waals surface area (Å²) in [6.07, 6.45) is 5.43. The van der Waals surface area contributed by atoms with Gasteiger partial charge in [0.1, 0.15) is 4.99 Å². The summed E-state index contributed by atoms with van der Waals surface area (Å²) < 4.78 is 0.994. The molecule has 5 heteroatoms. The average Bonchev–Trinajstić information content (AvgIpc) is 2.94. The standard InChI is InChI=1S/C15H22BrN3S/c1-19(12-4-2-3-5-12)9-8-18-14-7-6-11(16)10-13(14)15(17)20/h6-7,10,12,18H,2-5,8-9H2,1H3,(H2,17,20). The molecular formula is C15H22BrN3S. The van der Waals surface area contributed by atoms with Gasteiger partial charge in [0, 0.05) is 34.9 Å². The van der Waals surface area contributed by atoms with Crippen LogP contribution < -0.4 is 11.1 Å². The van der Waals surface area contributed by atoms with E-state index in [4.69, 9.17) is 18.0 Å². The van der Waals surface area contributed by atoms with Gasteiger partial charge in [-0.25, -0.2) is 0 Å². The average molecular weight is 356 g/mol. The molecular weight excluding hydrogens is 334 g/mol. The Bertz CT molecular complexity index is 472. The number of hydrogen-bond donors (Lipinski definition) is 2. The third kappa shape index (κ3) is 4.17. The third-order valence-corrected chi connectivity index (χ3v) is 4.69. The third-order valence-electron chi connectivity index (χ3n) is 3.98. The number of hydrogen-bond acceptors (Lipinski definition) is 3. The van der Waals surface area contributed by atoms with Gasteiger partial charge < -0.3 is 16.0 Å². The molecule has 110 valence electrons. The van der Waals surface area contributed by atoms with E-state index in [1.54, 1.807) is 0 Å². The Hall–Kier alpha value is -0.650. The van der Waals surface area contributed by atoms with E-state index >= 15 is 0 Å². The van der Waals surface area contributed by atoms with Gasteiger partial charge in [-0.05, 0) is 38.1 Å². The molecule has 0 radical (unpaired) electrons. The van der Waals surface area contributed by atoms with Crippen LogP contribution in [0.25, 0.3) is 0 Å². The molecule has 0 aliphatic heterocycles. The van der Waals surface area contributed by atoms with Crippen LogP contribution in [-0.2, 0) is 0 Å². The highest BCUT2D eigenvalue weighted by molar-refractivity contribution is 9.10. The summed E-state index contributed by atoms with van der Waals surface area (Å²) in [6, 6.07) is 6.75. The Labute approximate surface area is 135 Å². The molecule has 0 spiro atoms. The lowest BCUT2D eigenvalue weighted by atomic mass is 10.1. The fourth-order valence-corrected chi connectivity index (χ4v) is 3.30. The molecule has 0 unspecified atom stereocenters. The van der Waals surface area contributed by atoms with Gasteiger partial charge in [0.25, 0.3) is 0 Å². The van der Waals surface area contributed by atoms with Crippen LogP contribution in [0, 0.1) is 0 Å². The number of thiocarbonyl (C=S) groups is 1. The topological polar surface area (TPSA) is 41.3 Å². The second-order valence-electron chi connectivity index (χ2n) is 5.40. The number of nitrogens with two attached hydrogens (primary N) is 1. The summed E-state index contributed by atoms with van der Waals surface area (Å²) in [5, 5.41) is 3.45. The van der Waals surface area contributed by atoms with Crippen molar-refractivity contribution in [3.8, 4) is 0 Å². The van der Waals surface area contributed by atoms with Crippen molar-refractivity contribution in [3.05, 3.63) is 28.2 Å². The van der Waals surface area contributed by atoms with Crippen LogP contribution in [0.3, 0.4) is 0 Å². The first-order chi connectivity index (χ1) is 9.58. The fraction of sp³-hybridized carbons (Fsp3) is 0.533. The molecule has 1 fully saturated rings. The second-order valence-corrected chi connectivity index (χ2v) is 6.76. The number of nitrogens with zero attached hydrogens (tertiary/aromatic N) is 1.